The van der Waals surface area contributed by atoms with E-state index in [-0.39, 0.29) is 12.5 Å². The first-order valence-electron chi connectivity index (χ1n) is 4.25. The fourth-order valence-corrected chi connectivity index (χ4v) is 0.849. The van der Waals surface area contributed by atoms with Crippen LogP contribution < -0.4 is 10.6 Å². The summed E-state index contributed by atoms with van der Waals surface area (Å²) in [5.41, 5.74) is 0. The van der Waals surface area contributed by atoms with Gasteiger partial charge in [-0.3, -0.25) is 9.89 Å². The van der Waals surface area contributed by atoms with Crippen LogP contribution in [0.15, 0.2) is 19.0 Å². The number of nitrogens with one attached hydrogen (secondary N) is 3. The number of nitrogens with zero attached hydrogens (tertiary/aromatic N) is 2. The molecule has 6 nitrogen and oxygen atoms in total. The maximum absolute atomic E-state index is 11.1. The van der Waals surface area contributed by atoms with Gasteiger partial charge in [-0.05, 0) is 0 Å². The number of H-pyrrole nitrogens is 1. The molecular weight excluding hydrogens is 182 g/mol. The van der Waals surface area contributed by atoms with Crippen LogP contribution in [-0.2, 0) is 11.3 Å². The van der Waals surface area contributed by atoms with Crippen molar-refractivity contribution in [3.8, 4) is 0 Å². The van der Waals surface area contributed by atoms with E-state index in [2.05, 4.69) is 32.4 Å². The van der Waals surface area contributed by atoms with Gasteiger partial charge in [0.1, 0.15) is 12.2 Å². The molecule has 0 saturated heterocycles. The number of rotatable bonds is 6. The third-order valence-electron chi connectivity index (χ3n) is 1.49. The largest absolute Gasteiger partial charge is 0.348 e. The van der Waals surface area contributed by atoms with Crippen molar-refractivity contribution < 1.29 is 4.79 Å². The predicted molar refractivity (Wildman–Crippen MR) is 51.3 cm³/mol. The van der Waals surface area contributed by atoms with Gasteiger partial charge in [0.15, 0.2) is 0 Å². The third-order valence-corrected chi connectivity index (χ3v) is 1.49. The summed E-state index contributed by atoms with van der Waals surface area (Å²) in [6.07, 6.45) is 3.10. The topological polar surface area (TPSA) is 82.7 Å². The molecule has 6 heteroatoms. The van der Waals surface area contributed by atoms with Crippen LogP contribution in [0.4, 0.5) is 0 Å². The minimum absolute atomic E-state index is 0.0803. The fourth-order valence-electron chi connectivity index (χ4n) is 0.849. The van der Waals surface area contributed by atoms with Crippen molar-refractivity contribution >= 4 is 5.91 Å². The Morgan fingerprint density at radius 2 is 2.57 bits per heavy atom. The number of carbonyl (C=O) groups is 1. The van der Waals surface area contributed by atoms with Gasteiger partial charge in [0.25, 0.3) is 0 Å². The maximum Gasteiger partial charge on any atom is 0.234 e. The van der Waals surface area contributed by atoms with Crippen LogP contribution in [0.1, 0.15) is 5.82 Å². The lowest BCUT2D eigenvalue weighted by Crippen LogP contribution is -2.33. The van der Waals surface area contributed by atoms with E-state index in [4.69, 9.17) is 0 Å². The number of hydrogen-bond donors (Lipinski definition) is 3. The molecule has 0 aliphatic carbocycles. The molecule has 0 radical (unpaired) electrons. The Kier molecular flexibility index (Phi) is 4.36. The van der Waals surface area contributed by atoms with Crippen molar-refractivity contribution in [2.75, 3.05) is 13.1 Å². The monoisotopic (exact) mass is 195 g/mol. The molecule has 14 heavy (non-hydrogen) atoms. The van der Waals surface area contributed by atoms with Crippen LogP contribution in [0.3, 0.4) is 0 Å². The number of hydrogen-bond acceptors (Lipinski definition) is 4. The van der Waals surface area contributed by atoms with Crippen molar-refractivity contribution in [1.29, 1.82) is 0 Å². The summed E-state index contributed by atoms with van der Waals surface area (Å²) in [6.45, 7) is 4.80. The van der Waals surface area contributed by atoms with Crippen LogP contribution in [0.5, 0.6) is 0 Å². The molecule has 0 bridgehead atoms. The standard InChI is InChI=1S/C8H13N5O/c1-2-3-9-5-8(14)10-4-7-11-6-12-13-7/h2,6,9H,1,3-5H2,(H,10,14)(H,11,12,13). The molecule has 1 rings (SSSR count). The predicted octanol–water partition coefficient (Wildman–Crippen LogP) is -0.803. The second-order valence-electron chi connectivity index (χ2n) is 2.63. The van der Waals surface area contributed by atoms with Gasteiger partial charge < -0.3 is 10.6 Å². The number of carbonyl (C=O) groups excluding carboxylic acids is 1. The van der Waals surface area contributed by atoms with Gasteiger partial charge in [0, 0.05) is 6.54 Å². The van der Waals surface area contributed by atoms with E-state index in [0.717, 1.165) is 0 Å². The lowest BCUT2D eigenvalue weighted by Gasteiger charge is -2.02. The molecular formula is C8H13N5O. The van der Waals surface area contributed by atoms with Gasteiger partial charge in [-0.1, -0.05) is 6.08 Å². The Morgan fingerprint density at radius 3 is 3.21 bits per heavy atom. The summed E-state index contributed by atoms with van der Waals surface area (Å²) in [7, 11) is 0. The van der Waals surface area contributed by atoms with Crippen molar-refractivity contribution in [3.63, 3.8) is 0 Å². The Labute approximate surface area is 81.8 Å². The lowest BCUT2D eigenvalue weighted by molar-refractivity contribution is -0.120. The van der Waals surface area contributed by atoms with Crippen LogP contribution in [0.25, 0.3) is 0 Å². The molecule has 1 amide bonds. The van der Waals surface area contributed by atoms with Gasteiger partial charge in [-0.2, -0.15) is 5.10 Å². The van der Waals surface area contributed by atoms with Gasteiger partial charge >= 0.3 is 0 Å². The fraction of sp³-hybridized carbons (Fsp3) is 0.375. The molecule has 1 heterocycles. The van der Waals surface area contributed by atoms with Crippen molar-refractivity contribution in [2.45, 2.75) is 6.54 Å². The van der Waals surface area contributed by atoms with Gasteiger partial charge in [-0.15, -0.1) is 6.58 Å². The van der Waals surface area contributed by atoms with E-state index in [0.29, 0.717) is 18.9 Å². The minimum Gasteiger partial charge on any atom is -0.348 e. The highest BCUT2D eigenvalue weighted by Gasteiger charge is 2.00. The van der Waals surface area contributed by atoms with Crippen LogP contribution in [0, 0.1) is 0 Å². The molecule has 76 valence electrons. The summed E-state index contributed by atoms with van der Waals surface area (Å²) in [5, 5.41) is 11.9. The molecule has 0 atom stereocenters. The van der Waals surface area contributed by atoms with E-state index in [1.807, 2.05) is 0 Å². The molecule has 1 aromatic rings. The Hall–Kier alpha value is -1.69. The molecule has 0 aliphatic rings. The highest BCUT2D eigenvalue weighted by molar-refractivity contribution is 5.77. The van der Waals surface area contributed by atoms with Crippen molar-refractivity contribution in [3.05, 3.63) is 24.8 Å². The zero-order chi connectivity index (χ0) is 10.2. The van der Waals surface area contributed by atoms with Crippen LogP contribution >= 0.6 is 0 Å². The molecule has 0 aliphatic heterocycles. The zero-order valence-corrected chi connectivity index (χ0v) is 7.79. The normalized spacial score (nSPS) is 9.71. The second kappa shape index (κ2) is 5.87. The molecule has 0 fully saturated rings. The van der Waals surface area contributed by atoms with Crippen LogP contribution in [-0.4, -0.2) is 34.2 Å². The zero-order valence-electron chi connectivity index (χ0n) is 7.79. The summed E-state index contributed by atoms with van der Waals surface area (Å²) < 4.78 is 0. The van der Waals surface area contributed by atoms with E-state index in [9.17, 15) is 4.79 Å². The smallest absolute Gasteiger partial charge is 0.234 e. The minimum atomic E-state index is -0.0803. The van der Waals surface area contributed by atoms with Crippen LogP contribution in [0.2, 0.25) is 0 Å². The van der Waals surface area contributed by atoms with E-state index in [1.54, 1.807) is 6.08 Å². The Balaban J connectivity index is 2.12. The van der Waals surface area contributed by atoms with E-state index in [1.165, 1.54) is 6.33 Å². The molecule has 0 spiro atoms. The lowest BCUT2D eigenvalue weighted by atomic mass is 10.5. The second-order valence-corrected chi connectivity index (χ2v) is 2.63. The summed E-state index contributed by atoms with van der Waals surface area (Å²) in [4.78, 5) is 15.0. The third kappa shape index (κ3) is 3.81. The number of amides is 1. The molecule has 1 aromatic heterocycles. The molecule has 0 aromatic carbocycles. The summed E-state index contributed by atoms with van der Waals surface area (Å²) in [6, 6.07) is 0. The Morgan fingerprint density at radius 1 is 1.71 bits per heavy atom. The summed E-state index contributed by atoms with van der Waals surface area (Å²) in [5.74, 6) is 0.560. The first-order chi connectivity index (χ1) is 6.83. The number of aromatic nitrogens is 3. The highest BCUT2D eigenvalue weighted by atomic mass is 16.1. The van der Waals surface area contributed by atoms with Gasteiger partial charge in [0.2, 0.25) is 5.91 Å². The van der Waals surface area contributed by atoms with Crippen molar-refractivity contribution in [2.24, 2.45) is 0 Å². The van der Waals surface area contributed by atoms with Gasteiger partial charge in [0.05, 0.1) is 13.1 Å². The number of aromatic amines is 1. The maximum atomic E-state index is 11.1. The first-order valence-corrected chi connectivity index (χ1v) is 4.25. The average Bonchev–Trinajstić information content (AvgIpc) is 2.68. The quantitative estimate of drug-likeness (QED) is 0.410. The average molecular weight is 195 g/mol. The van der Waals surface area contributed by atoms with E-state index >= 15 is 0 Å². The molecule has 3 N–H and O–H groups in total. The SMILES string of the molecule is C=CCNCC(=O)NCc1ncn[nH]1. The molecule has 0 unspecified atom stereocenters. The van der Waals surface area contributed by atoms with Crippen molar-refractivity contribution in [1.82, 2.24) is 25.8 Å². The van der Waals surface area contributed by atoms with Gasteiger partial charge in [-0.25, -0.2) is 4.98 Å². The summed E-state index contributed by atoms with van der Waals surface area (Å²) >= 11 is 0. The first kappa shape index (κ1) is 10.4. The molecule has 0 saturated carbocycles. The Bertz CT molecular complexity index is 282. The highest BCUT2D eigenvalue weighted by Crippen LogP contribution is 1.82. The van der Waals surface area contributed by atoms with E-state index < -0.39 is 0 Å².